The number of rotatable bonds is 2. The number of carbonyl (C=O) groups excluding carboxylic acids is 1. The summed E-state index contributed by atoms with van der Waals surface area (Å²) in [5, 5.41) is 3.94. The summed E-state index contributed by atoms with van der Waals surface area (Å²) in [5.74, 6) is -0.463. The molecule has 3 aromatic rings. The van der Waals surface area contributed by atoms with Gasteiger partial charge in [-0.3, -0.25) is 4.79 Å². The third-order valence-corrected chi connectivity index (χ3v) is 5.12. The van der Waals surface area contributed by atoms with Crippen molar-refractivity contribution in [3.8, 4) is 11.3 Å². The van der Waals surface area contributed by atoms with E-state index in [2.05, 4.69) is 26.0 Å². The zero-order chi connectivity index (χ0) is 19.9. The van der Waals surface area contributed by atoms with E-state index in [1.807, 2.05) is 0 Å². The summed E-state index contributed by atoms with van der Waals surface area (Å²) in [6, 6.07) is 9.47. The van der Waals surface area contributed by atoms with Crippen LogP contribution in [0.15, 0.2) is 40.9 Å². The lowest BCUT2D eigenvalue weighted by Gasteiger charge is -2.26. The zero-order valence-electron chi connectivity index (χ0n) is 14.4. The minimum absolute atomic E-state index is 0.0645. The number of nitrogens with zero attached hydrogens (tertiary/aromatic N) is 4. The molecule has 1 aromatic carbocycles. The molecule has 2 aromatic heterocycles. The van der Waals surface area contributed by atoms with Gasteiger partial charge in [-0.25, -0.2) is 9.50 Å². The second kappa shape index (κ2) is 7.17. The molecule has 28 heavy (non-hydrogen) atoms. The summed E-state index contributed by atoms with van der Waals surface area (Å²) in [5.41, 5.74) is -0.496. The van der Waals surface area contributed by atoms with Gasteiger partial charge in [0.25, 0.3) is 5.91 Å². The van der Waals surface area contributed by atoms with Crippen LogP contribution in [0.4, 0.5) is 13.2 Å². The van der Waals surface area contributed by atoms with Gasteiger partial charge in [-0.2, -0.15) is 18.3 Å². The number of hydrogen-bond acceptors (Lipinski definition) is 4. The Hall–Kier alpha value is -2.46. The molecular weight excluding hydrogens is 441 g/mol. The lowest BCUT2D eigenvalue weighted by molar-refractivity contribution is -0.142. The first-order valence-corrected chi connectivity index (χ1v) is 9.24. The van der Waals surface area contributed by atoms with Gasteiger partial charge in [0, 0.05) is 18.7 Å². The molecule has 0 atom stereocenters. The number of alkyl halides is 3. The summed E-state index contributed by atoms with van der Waals surface area (Å²) in [6.07, 6.45) is -4.67. The smallest absolute Gasteiger partial charge is 0.378 e. The number of aromatic nitrogens is 3. The standard InChI is InChI=1S/C18H14BrF3N4O2/c19-14-15(17(27)25-6-8-28-9-7-25)24-26-13(18(20,21)22)10-12(23-16(14)26)11-4-2-1-3-5-11/h1-5,10H,6-9H2. The molecule has 0 bridgehead atoms. The molecular formula is C18H14BrF3N4O2. The molecule has 4 rings (SSSR count). The fraction of sp³-hybridized carbons (Fsp3) is 0.278. The van der Waals surface area contributed by atoms with Crippen molar-refractivity contribution in [3.05, 3.63) is 52.3 Å². The molecule has 3 heterocycles. The number of benzene rings is 1. The maximum Gasteiger partial charge on any atom is 0.433 e. The fourth-order valence-corrected chi connectivity index (χ4v) is 3.51. The van der Waals surface area contributed by atoms with E-state index < -0.39 is 17.8 Å². The van der Waals surface area contributed by atoms with Crippen LogP contribution in [0, 0.1) is 0 Å². The Labute approximate surface area is 166 Å². The maximum atomic E-state index is 13.7. The first-order valence-electron chi connectivity index (χ1n) is 8.45. The van der Waals surface area contributed by atoms with Crippen LogP contribution in [0.1, 0.15) is 16.2 Å². The predicted molar refractivity (Wildman–Crippen MR) is 97.8 cm³/mol. The quantitative estimate of drug-likeness (QED) is 0.592. The van der Waals surface area contributed by atoms with Gasteiger partial charge in [0.2, 0.25) is 0 Å². The normalized spacial score (nSPS) is 15.2. The van der Waals surface area contributed by atoms with Crippen molar-refractivity contribution in [1.29, 1.82) is 0 Å². The Balaban J connectivity index is 1.89. The first kappa shape index (κ1) is 18.9. The summed E-state index contributed by atoms with van der Waals surface area (Å²) in [7, 11) is 0. The van der Waals surface area contributed by atoms with Gasteiger partial charge in [-0.05, 0) is 22.0 Å². The second-order valence-corrected chi connectivity index (χ2v) is 6.99. The number of morpholine rings is 1. The Morgan fingerprint density at radius 3 is 2.46 bits per heavy atom. The predicted octanol–water partition coefficient (Wildman–Crippen LogP) is 3.65. The summed E-state index contributed by atoms with van der Waals surface area (Å²) >= 11 is 3.23. The van der Waals surface area contributed by atoms with Gasteiger partial charge < -0.3 is 9.64 Å². The number of fused-ring (bicyclic) bond motifs is 1. The van der Waals surface area contributed by atoms with Gasteiger partial charge in [0.1, 0.15) is 0 Å². The molecule has 0 unspecified atom stereocenters. The molecule has 0 radical (unpaired) electrons. The SMILES string of the molecule is O=C(c1nn2c(C(F)(F)F)cc(-c3ccccc3)nc2c1Br)N1CCOCC1. The number of carbonyl (C=O) groups is 1. The fourth-order valence-electron chi connectivity index (χ4n) is 3.00. The van der Waals surface area contributed by atoms with Crippen molar-refractivity contribution >= 4 is 27.5 Å². The molecule has 0 spiro atoms. The van der Waals surface area contributed by atoms with Crippen LogP contribution in [0.5, 0.6) is 0 Å². The minimum Gasteiger partial charge on any atom is -0.378 e. The largest absolute Gasteiger partial charge is 0.433 e. The van der Waals surface area contributed by atoms with E-state index in [9.17, 15) is 18.0 Å². The van der Waals surface area contributed by atoms with Crippen molar-refractivity contribution in [3.63, 3.8) is 0 Å². The highest BCUT2D eigenvalue weighted by atomic mass is 79.9. The Kier molecular flexibility index (Phi) is 4.84. The second-order valence-electron chi connectivity index (χ2n) is 6.19. The van der Waals surface area contributed by atoms with Crippen LogP contribution >= 0.6 is 15.9 Å². The Bertz CT molecular complexity index is 1030. The lowest BCUT2D eigenvalue weighted by Crippen LogP contribution is -2.41. The molecule has 1 aliphatic rings. The molecule has 1 aliphatic heterocycles. The highest BCUT2D eigenvalue weighted by Gasteiger charge is 2.37. The number of halogens is 4. The average Bonchev–Trinajstić information content (AvgIpc) is 3.04. The van der Waals surface area contributed by atoms with Crippen molar-refractivity contribution in [1.82, 2.24) is 19.5 Å². The van der Waals surface area contributed by atoms with E-state index in [-0.39, 0.29) is 21.5 Å². The minimum atomic E-state index is -4.67. The van der Waals surface area contributed by atoms with Gasteiger partial charge in [0.15, 0.2) is 17.0 Å². The monoisotopic (exact) mass is 454 g/mol. The van der Waals surface area contributed by atoms with Gasteiger partial charge in [0.05, 0.1) is 23.4 Å². The van der Waals surface area contributed by atoms with E-state index in [1.54, 1.807) is 30.3 Å². The molecule has 146 valence electrons. The molecule has 6 nitrogen and oxygen atoms in total. The summed E-state index contributed by atoms with van der Waals surface area (Å²) in [6.45, 7) is 1.46. The van der Waals surface area contributed by atoms with E-state index in [0.29, 0.717) is 36.4 Å². The van der Waals surface area contributed by atoms with Gasteiger partial charge in [-0.15, -0.1) is 0 Å². The number of amides is 1. The highest BCUT2D eigenvalue weighted by Crippen LogP contribution is 2.34. The average molecular weight is 455 g/mol. The third-order valence-electron chi connectivity index (χ3n) is 4.39. The Morgan fingerprint density at radius 1 is 1.14 bits per heavy atom. The molecule has 1 fully saturated rings. The van der Waals surface area contributed by atoms with Crippen LogP contribution in [0.3, 0.4) is 0 Å². The van der Waals surface area contributed by atoms with E-state index in [0.717, 1.165) is 6.07 Å². The Morgan fingerprint density at radius 2 is 1.82 bits per heavy atom. The lowest BCUT2D eigenvalue weighted by atomic mass is 10.1. The van der Waals surface area contributed by atoms with Gasteiger partial charge >= 0.3 is 6.18 Å². The van der Waals surface area contributed by atoms with Crippen LogP contribution in [-0.2, 0) is 10.9 Å². The molecule has 1 amide bonds. The van der Waals surface area contributed by atoms with Crippen LogP contribution in [0.25, 0.3) is 16.9 Å². The zero-order valence-corrected chi connectivity index (χ0v) is 16.0. The van der Waals surface area contributed by atoms with E-state index in [4.69, 9.17) is 4.74 Å². The molecule has 0 aliphatic carbocycles. The molecule has 0 N–H and O–H groups in total. The summed E-state index contributed by atoms with van der Waals surface area (Å²) < 4.78 is 47.1. The number of ether oxygens (including phenoxy) is 1. The number of hydrogen-bond donors (Lipinski definition) is 0. The topological polar surface area (TPSA) is 59.7 Å². The van der Waals surface area contributed by atoms with Crippen LogP contribution < -0.4 is 0 Å². The highest BCUT2D eigenvalue weighted by molar-refractivity contribution is 9.10. The van der Waals surface area contributed by atoms with Crippen molar-refractivity contribution in [2.24, 2.45) is 0 Å². The first-order chi connectivity index (χ1) is 13.4. The van der Waals surface area contributed by atoms with Crippen molar-refractivity contribution in [2.75, 3.05) is 26.3 Å². The van der Waals surface area contributed by atoms with Crippen LogP contribution in [-0.4, -0.2) is 51.7 Å². The van der Waals surface area contributed by atoms with Crippen molar-refractivity contribution < 1.29 is 22.7 Å². The molecule has 1 saturated heterocycles. The van der Waals surface area contributed by atoms with Gasteiger partial charge in [-0.1, -0.05) is 30.3 Å². The van der Waals surface area contributed by atoms with Crippen molar-refractivity contribution in [2.45, 2.75) is 6.18 Å². The van der Waals surface area contributed by atoms with E-state index in [1.165, 1.54) is 4.90 Å². The van der Waals surface area contributed by atoms with E-state index >= 15 is 0 Å². The molecule has 0 saturated carbocycles. The third kappa shape index (κ3) is 3.37. The van der Waals surface area contributed by atoms with Crippen LogP contribution in [0.2, 0.25) is 0 Å². The molecule has 10 heteroatoms. The maximum absolute atomic E-state index is 13.7. The summed E-state index contributed by atoms with van der Waals surface area (Å²) in [4.78, 5) is 18.6.